The number of carbonyl (C=O) groups is 1. The molecule has 1 heterocycles. The molecule has 174 valence electrons. The van der Waals surface area contributed by atoms with Crippen LogP contribution >= 0.6 is 0 Å². The minimum absolute atomic E-state index is 0.00884. The normalized spacial score (nSPS) is 15.4. The number of hydrogen-bond donors (Lipinski definition) is 1. The van der Waals surface area contributed by atoms with Crippen LogP contribution in [0.3, 0.4) is 0 Å². The van der Waals surface area contributed by atoms with E-state index in [1.807, 2.05) is 6.07 Å². The van der Waals surface area contributed by atoms with Gasteiger partial charge in [-0.25, -0.2) is 8.42 Å². The van der Waals surface area contributed by atoms with Gasteiger partial charge in [0, 0.05) is 37.9 Å². The fourth-order valence-electron chi connectivity index (χ4n) is 3.85. The van der Waals surface area contributed by atoms with E-state index >= 15 is 0 Å². The molecule has 0 aromatic heterocycles. The predicted octanol–water partition coefficient (Wildman–Crippen LogP) is 2.34. The third-order valence-electron chi connectivity index (χ3n) is 5.88. The van der Waals surface area contributed by atoms with E-state index in [1.54, 1.807) is 11.8 Å². The van der Waals surface area contributed by atoms with Gasteiger partial charge in [0.15, 0.2) is 11.5 Å². The van der Waals surface area contributed by atoms with Crippen LogP contribution in [0.2, 0.25) is 0 Å². The molecule has 1 saturated heterocycles. The fourth-order valence-corrected chi connectivity index (χ4v) is 5.07. The second-order valence-electron chi connectivity index (χ2n) is 7.89. The fraction of sp³-hybridized carbons (Fsp3) is 0.435. The number of piperazine rings is 1. The molecule has 1 atom stereocenters. The Hall–Kier alpha value is -2.78. The van der Waals surface area contributed by atoms with Crippen LogP contribution in [0, 0.1) is 13.8 Å². The minimum Gasteiger partial charge on any atom is -0.493 e. The lowest BCUT2D eigenvalue weighted by molar-refractivity contribution is -0.132. The van der Waals surface area contributed by atoms with Gasteiger partial charge < -0.3 is 19.3 Å². The molecule has 1 amide bonds. The zero-order valence-electron chi connectivity index (χ0n) is 19.2. The van der Waals surface area contributed by atoms with Gasteiger partial charge in [-0.3, -0.25) is 4.79 Å². The summed E-state index contributed by atoms with van der Waals surface area (Å²) in [5, 5.41) is 0. The average Bonchev–Trinajstić information content (AvgIpc) is 2.79. The van der Waals surface area contributed by atoms with Crippen molar-refractivity contribution in [2.24, 2.45) is 0 Å². The Morgan fingerprint density at radius 3 is 2.28 bits per heavy atom. The quantitative estimate of drug-likeness (QED) is 0.681. The Balaban J connectivity index is 1.64. The summed E-state index contributed by atoms with van der Waals surface area (Å²) in [6, 6.07) is 9.66. The summed E-state index contributed by atoms with van der Waals surface area (Å²) in [5.41, 5.74) is 3.65. The number of nitrogens with zero attached hydrogens (tertiary/aromatic N) is 2. The third kappa shape index (κ3) is 4.99. The average molecular weight is 462 g/mol. The van der Waals surface area contributed by atoms with Gasteiger partial charge in [0.25, 0.3) is 0 Å². The Kier molecular flexibility index (Phi) is 7.30. The van der Waals surface area contributed by atoms with Crippen LogP contribution in [0.1, 0.15) is 18.1 Å². The molecule has 0 bridgehead atoms. The van der Waals surface area contributed by atoms with Crippen molar-refractivity contribution in [2.75, 3.05) is 45.3 Å². The molecule has 1 aliphatic heterocycles. The standard InChI is InChI=1S/C23H31N3O5S/c1-16-7-6-8-20(17(16)2)25-11-13-26(14-12-25)23(27)18(3)24-32(28,29)19-9-10-21(30-4)22(15-19)31-5/h6-10,15,18,24H,11-14H2,1-5H3/t18-/m1/s1. The third-order valence-corrected chi connectivity index (χ3v) is 7.41. The van der Waals surface area contributed by atoms with E-state index in [2.05, 4.69) is 35.6 Å². The van der Waals surface area contributed by atoms with Crippen molar-refractivity contribution in [1.82, 2.24) is 9.62 Å². The number of hydrogen-bond acceptors (Lipinski definition) is 6. The van der Waals surface area contributed by atoms with Crippen LogP contribution in [0.4, 0.5) is 5.69 Å². The molecule has 1 N–H and O–H groups in total. The number of methoxy groups -OCH3 is 2. The summed E-state index contributed by atoms with van der Waals surface area (Å²) in [7, 11) is -0.995. The first kappa shape index (κ1) is 23.9. The smallest absolute Gasteiger partial charge is 0.241 e. The highest BCUT2D eigenvalue weighted by molar-refractivity contribution is 7.89. The highest BCUT2D eigenvalue weighted by Gasteiger charge is 2.29. The van der Waals surface area contributed by atoms with Crippen LogP contribution < -0.4 is 19.1 Å². The first-order valence-electron chi connectivity index (χ1n) is 10.5. The first-order valence-corrected chi connectivity index (χ1v) is 12.0. The number of nitrogens with one attached hydrogen (secondary N) is 1. The van der Waals surface area contributed by atoms with Gasteiger partial charge >= 0.3 is 0 Å². The van der Waals surface area contributed by atoms with E-state index < -0.39 is 16.1 Å². The van der Waals surface area contributed by atoms with Gasteiger partial charge in [-0.1, -0.05) is 12.1 Å². The Bertz CT molecular complexity index is 1080. The van der Waals surface area contributed by atoms with Crippen molar-refractivity contribution in [2.45, 2.75) is 31.7 Å². The summed E-state index contributed by atoms with van der Waals surface area (Å²) in [5.74, 6) is 0.490. The maximum atomic E-state index is 12.9. The van der Waals surface area contributed by atoms with Crippen LogP contribution in [-0.4, -0.2) is 65.7 Å². The van der Waals surface area contributed by atoms with E-state index in [0.717, 1.165) is 0 Å². The molecule has 2 aromatic rings. The molecule has 0 saturated carbocycles. The lowest BCUT2D eigenvalue weighted by atomic mass is 10.1. The van der Waals surface area contributed by atoms with Crippen LogP contribution in [0.15, 0.2) is 41.3 Å². The molecule has 1 fully saturated rings. The number of ether oxygens (including phenoxy) is 2. The second kappa shape index (κ2) is 9.79. The van der Waals surface area contributed by atoms with Crippen LogP contribution in [0.25, 0.3) is 0 Å². The van der Waals surface area contributed by atoms with Gasteiger partial charge in [0.2, 0.25) is 15.9 Å². The monoisotopic (exact) mass is 461 g/mol. The number of rotatable bonds is 7. The number of carbonyl (C=O) groups excluding carboxylic acids is 1. The first-order chi connectivity index (χ1) is 15.2. The molecule has 0 radical (unpaired) electrons. The molecular formula is C23H31N3O5S. The molecule has 2 aromatic carbocycles. The number of aryl methyl sites for hydroxylation is 1. The van der Waals surface area contributed by atoms with E-state index in [-0.39, 0.29) is 10.8 Å². The van der Waals surface area contributed by atoms with E-state index in [1.165, 1.54) is 49.2 Å². The Morgan fingerprint density at radius 2 is 1.66 bits per heavy atom. The van der Waals surface area contributed by atoms with Crippen molar-refractivity contribution < 1.29 is 22.7 Å². The van der Waals surface area contributed by atoms with Crippen LogP contribution in [0.5, 0.6) is 11.5 Å². The SMILES string of the molecule is COc1ccc(S(=O)(=O)N[C@H](C)C(=O)N2CCN(c3cccc(C)c3C)CC2)cc1OC. The Labute approximate surface area is 190 Å². The molecule has 0 aliphatic carbocycles. The molecule has 8 nitrogen and oxygen atoms in total. The number of amides is 1. The van der Waals surface area contributed by atoms with Gasteiger partial charge in [0.05, 0.1) is 25.2 Å². The number of anilines is 1. The molecule has 0 unspecified atom stereocenters. The molecule has 1 aliphatic rings. The molecule has 0 spiro atoms. The van der Waals surface area contributed by atoms with E-state index in [9.17, 15) is 13.2 Å². The van der Waals surface area contributed by atoms with E-state index in [0.29, 0.717) is 37.7 Å². The van der Waals surface area contributed by atoms with Gasteiger partial charge in [-0.05, 0) is 50.1 Å². The lowest BCUT2D eigenvalue weighted by Crippen LogP contribution is -2.54. The predicted molar refractivity (Wildman–Crippen MR) is 124 cm³/mol. The van der Waals surface area contributed by atoms with Gasteiger partial charge in [0.1, 0.15) is 0 Å². The van der Waals surface area contributed by atoms with Gasteiger partial charge in [-0.15, -0.1) is 0 Å². The zero-order chi connectivity index (χ0) is 23.5. The number of sulfonamides is 1. The van der Waals surface area contributed by atoms with Crippen molar-refractivity contribution >= 4 is 21.6 Å². The maximum Gasteiger partial charge on any atom is 0.241 e. The summed E-state index contributed by atoms with van der Waals surface area (Å²) in [6.07, 6.45) is 0. The lowest BCUT2D eigenvalue weighted by Gasteiger charge is -2.38. The van der Waals surface area contributed by atoms with Crippen molar-refractivity contribution in [3.05, 3.63) is 47.5 Å². The topological polar surface area (TPSA) is 88.2 Å². The molecular weight excluding hydrogens is 430 g/mol. The highest BCUT2D eigenvalue weighted by atomic mass is 32.2. The molecule has 3 rings (SSSR count). The van der Waals surface area contributed by atoms with Crippen molar-refractivity contribution in [1.29, 1.82) is 0 Å². The maximum absolute atomic E-state index is 12.9. The molecule has 32 heavy (non-hydrogen) atoms. The van der Waals surface area contributed by atoms with Crippen LogP contribution in [-0.2, 0) is 14.8 Å². The number of benzene rings is 2. The van der Waals surface area contributed by atoms with E-state index in [4.69, 9.17) is 9.47 Å². The van der Waals surface area contributed by atoms with Crippen molar-refractivity contribution in [3.63, 3.8) is 0 Å². The minimum atomic E-state index is -3.91. The highest BCUT2D eigenvalue weighted by Crippen LogP contribution is 2.29. The largest absolute Gasteiger partial charge is 0.493 e. The zero-order valence-corrected chi connectivity index (χ0v) is 20.0. The Morgan fingerprint density at radius 1 is 1.00 bits per heavy atom. The summed E-state index contributed by atoms with van der Waals surface area (Å²) >= 11 is 0. The van der Waals surface area contributed by atoms with Crippen molar-refractivity contribution in [3.8, 4) is 11.5 Å². The van der Waals surface area contributed by atoms with Gasteiger partial charge in [-0.2, -0.15) is 4.72 Å². The summed E-state index contributed by atoms with van der Waals surface area (Å²) in [6.45, 7) is 8.23. The summed E-state index contributed by atoms with van der Waals surface area (Å²) < 4.78 is 38.5. The summed E-state index contributed by atoms with van der Waals surface area (Å²) in [4.78, 5) is 16.9. The second-order valence-corrected chi connectivity index (χ2v) is 9.61. The molecule has 9 heteroatoms.